The summed E-state index contributed by atoms with van der Waals surface area (Å²) < 4.78 is 0. The Labute approximate surface area is 86.0 Å². The molecule has 14 heavy (non-hydrogen) atoms. The lowest BCUT2D eigenvalue weighted by Crippen LogP contribution is -2.12. The summed E-state index contributed by atoms with van der Waals surface area (Å²) in [5, 5.41) is 11.3. The Hall–Kier alpha value is -1.74. The van der Waals surface area contributed by atoms with Crippen LogP contribution in [0.4, 0.5) is 11.4 Å². The Morgan fingerprint density at radius 3 is 3.14 bits per heavy atom. The number of hydrogen-bond acceptors (Lipinski definition) is 5. The molecule has 0 aromatic carbocycles. The molecule has 0 amide bonds. The molecule has 0 bridgehead atoms. The maximum atomic E-state index is 8.41. The van der Waals surface area contributed by atoms with E-state index in [9.17, 15) is 0 Å². The van der Waals surface area contributed by atoms with E-state index >= 15 is 0 Å². The topological polar surface area (TPSA) is 87.1 Å². The first-order valence-electron chi connectivity index (χ1n) is 3.75. The second-order valence-electron chi connectivity index (χ2n) is 2.29. The molecule has 0 unspecified atom stereocenters. The van der Waals surface area contributed by atoms with Crippen molar-refractivity contribution in [2.45, 2.75) is 0 Å². The lowest BCUT2D eigenvalue weighted by molar-refractivity contribution is 1.26. The Bertz CT molecular complexity index is 382. The second-order valence-corrected chi connectivity index (χ2v) is 3.09. The number of anilines is 1. The molecular weight excluding hydrogens is 198 g/mol. The highest BCUT2D eigenvalue weighted by atomic mass is 32.2. The molecule has 0 fully saturated rings. The van der Waals surface area contributed by atoms with Crippen molar-refractivity contribution < 1.29 is 0 Å². The standard InChI is InChI=1S/C8H9N5S/c1-14-8(12-5-9)13-7-4-11-3-2-6(7)10/h2-4H,1H3,(H2,10,11)(H,12,13). The van der Waals surface area contributed by atoms with E-state index in [1.54, 1.807) is 24.7 Å². The monoisotopic (exact) mass is 207 g/mol. The Balaban J connectivity index is 2.95. The van der Waals surface area contributed by atoms with Crippen LogP contribution < -0.4 is 11.1 Å². The molecule has 72 valence electrons. The molecule has 1 heterocycles. The summed E-state index contributed by atoms with van der Waals surface area (Å²) in [5.74, 6) is 0. The van der Waals surface area contributed by atoms with Crippen molar-refractivity contribution in [2.24, 2.45) is 4.99 Å². The number of rotatable bonds is 1. The van der Waals surface area contributed by atoms with Gasteiger partial charge in [-0.2, -0.15) is 5.26 Å². The van der Waals surface area contributed by atoms with Crippen LogP contribution in [0.2, 0.25) is 0 Å². The first-order valence-corrected chi connectivity index (χ1v) is 4.97. The van der Waals surface area contributed by atoms with Gasteiger partial charge >= 0.3 is 0 Å². The third kappa shape index (κ3) is 2.64. The highest BCUT2D eigenvalue weighted by Gasteiger charge is 1.99. The van der Waals surface area contributed by atoms with E-state index < -0.39 is 0 Å². The number of nitrogens with two attached hydrogens (primary N) is 1. The molecule has 0 aliphatic heterocycles. The largest absolute Gasteiger partial charge is 0.397 e. The van der Waals surface area contributed by atoms with Gasteiger partial charge in [0.05, 0.1) is 11.9 Å². The summed E-state index contributed by atoms with van der Waals surface area (Å²) in [6, 6.07) is 1.66. The molecule has 1 rings (SSSR count). The fourth-order valence-electron chi connectivity index (χ4n) is 0.772. The van der Waals surface area contributed by atoms with Crippen LogP contribution in [-0.4, -0.2) is 16.4 Å². The summed E-state index contributed by atoms with van der Waals surface area (Å²) >= 11 is 1.33. The number of aromatic nitrogens is 1. The number of hydrogen-bond donors (Lipinski definition) is 2. The molecule has 5 nitrogen and oxygen atoms in total. The molecule has 6 heteroatoms. The highest BCUT2D eigenvalue weighted by molar-refractivity contribution is 8.13. The minimum Gasteiger partial charge on any atom is -0.397 e. The van der Waals surface area contributed by atoms with Gasteiger partial charge in [0.15, 0.2) is 11.4 Å². The zero-order valence-corrected chi connectivity index (χ0v) is 8.38. The number of thioether (sulfide) groups is 1. The molecule has 0 aliphatic rings. The van der Waals surface area contributed by atoms with Crippen molar-refractivity contribution in [3.05, 3.63) is 18.5 Å². The average Bonchev–Trinajstić information content (AvgIpc) is 2.20. The van der Waals surface area contributed by atoms with Crippen molar-refractivity contribution in [2.75, 3.05) is 12.0 Å². The minimum atomic E-state index is 0.493. The number of aliphatic imine (C=N–C) groups is 1. The van der Waals surface area contributed by atoms with Gasteiger partial charge in [0, 0.05) is 6.20 Å². The fraction of sp³-hybridized carbons (Fsp3) is 0.125. The van der Waals surface area contributed by atoms with Crippen LogP contribution in [0.3, 0.4) is 0 Å². The third-order valence-electron chi connectivity index (χ3n) is 1.41. The molecule has 0 saturated heterocycles. The quantitative estimate of drug-likeness (QED) is 0.311. The van der Waals surface area contributed by atoms with Crippen LogP contribution in [0.15, 0.2) is 23.5 Å². The minimum absolute atomic E-state index is 0.493. The van der Waals surface area contributed by atoms with E-state index in [0.29, 0.717) is 16.5 Å². The highest BCUT2D eigenvalue weighted by Crippen LogP contribution is 2.20. The van der Waals surface area contributed by atoms with Crippen LogP contribution in [0.5, 0.6) is 0 Å². The van der Waals surface area contributed by atoms with E-state index in [2.05, 4.69) is 15.3 Å². The molecule has 0 radical (unpaired) electrons. The molecule has 1 aromatic rings. The summed E-state index contributed by atoms with van der Waals surface area (Å²) in [5.41, 5.74) is 6.74. The second kappa shape index (κ2) is 5.09. The number of nitriles is 1. The Morgan fingerprint density at radius 1 is 1.79 bits per heavy atom. The molecule has 0 saturated carbocycles. The van der Waals surface area contributed by atoms with E-state index in [1.165, 1.54) is 11.8 Å². The number of nitrogens with one attached hydrogen (secondary N) is 1. The third-order valence-corrected chi connectivity index (χ3v) is 1.99. The van der Waals surface area contributed by atoms with E-state index in [-0.39, 0.29) is 0 Å². The predicted molar refractivity (Wildman–Crippen MR) is 58.0 cm³/mol. The Morgan fingerprint density at radius 2 is 2.57 bits per heavy atom. The first-order chi connectivity index (χ1) is 6.77. The predicted octanol–water partition coefficient (Wildman–Crippen LogP) is 1.08. The van der Waals surface area contributed by atoms with Gasteiger partial charge in [0.25, 0.3) is 0 Å². The van der Waals surface area contributed by atoms with Crippen LogP contribution in [-0.2, 0) is 0 Å². The summed E-state index contributed by atoms with van der Waals surface area (Å²) in [7, 11) is 0. The van der Waals surface area contributed by atoms with Gasteiger partial charge in [-0.05, 0) is 12.3 Å². The lowest BCUT2D eigenvalue weighted by Gasteiger charge is -2.01. The smallest absolute Gasteiger partial charge is 0.183 e. The maximum absolute atomic E-state index is 8.41. The SMILES string of the molecule is CSC(=Nc1cnccc1N)NC#N. The molecule has 0 aliphatic carbocycles. The average molecular weight is 207 g/mol. The van der Waals surface area contributed by atoms with Gasteiger partial charge in [-0.1, -0.05) is 11.8 Å². The van der Waals surface area contributed by atoms with Crippen LogP contribution in [0, 0.1) is 11.5 Å². The summed E-state index contributed by atoms with van der Waals surface area (Å²) in [4.78, 5) is 8.01. The normalized spacial score (nSPS) is 10.7. The molecule has 0 spiro atoms. The fourth-order valence-corrected chi connectivity index (χ4v) is 1.11. The van der Waals surface area contributed by atoms with Crippen molar-refractivity contribution in [1.29, 1.82) is 5.26 Å². The van der Waals surface area contributed by atoms with E-state index in [4.69, 9.17) is 11.0 Å². The zero-order valence-electron chi connectivity index (χ0n) is 7.56. The first kappa shape index (κ1) is 10.3. The van der Waals surface area contributed by atoms with Crippen LogP contribution in [0.1, 0.15) is 0 Å². The van der Waals surface area contributed by atoms with Gasteiger partial charge in [0.2, 0.25) is 0 Å². The van der Waals surface area contributed by atoms with Crippen LogP contribution in [0.25, 0.3) is 0 Å². The van der Waals surface area contributed by atoms with Gasteiger partial charge < -0.3 is 5.73 Å². The van der Waals surface area contributed by atoms with E-state index in [1.807, 2.05) is 6.26 Å². The maximum Gasteiger partial charge on any atom is 0.183 e. The molecular formula is C8H9N5S. The number of nitrogens with zero attached hydrogens (tertiary/aromatic N) is 3. The number of pyridine rings is 1. The van der Waals surface area contributed by atoms with Crippen molar-refractivity contribution in [1.82, 2.24) is 10.3 Å². The van der Waals surface area contributed by atoms with Crippen molar-refractivity contribution in [3.63, 3.8) is 0 Å². The number of nitrogen functional groups attached to an aromatic ring is 1. The number of amidine groups is 1. The van der Waals surface area contributed by atoms with Crippen molar-refractivity contribution in [3.8, 4) is 6.19 Å². The Kier molecular flexibility index (Phi) is 3.76. The van der Waals surface area contributed by atoms with Gasteiger partial charge in [-0.25, -0.2) is 4.99 Å². The molecule has 1 aromatic heterocycles. The van der Waals surface area contributed by atoms with Gasteiger partial charge in [-0.3, -0.25) is 10.3 Å². The van der Waals surface area contributed by atoms with Gasteiger partial charge in [-0.15, -0.1) is 0 Å². The van der Waals surface area contributed by atoms with Crippen LogP contribution >= 0.6 is 11.8 Å². The zero-order chi connectivity index (χ0) is 10.4. The van der Waals surface area contributed by atoms with Gasteiger partial charge in [0.1, 0.15) is 5.69 Å². The molecule has 0 atom stereocenters. The lowest BCUT2D eigenvalue weighted by atomic mass is 10.4. The molecule has 3 N–H and O–H groups in total. The summed E-state index contributed by atoms with van der Waals surface area (Å²) in [6.45, 7) is 0. The van der Waals surface area contributed by atoms with Crippen molar-refractivity contribution >= 4 is 28.3 Å². The summed E-state index contributed by atoms with van der Waals surface area (Å²) in [6.07, 6.45) is 6.75. The van der Waals surface area contributed by atoms with E-state index in [0.717, 1.165) is 0 Å².